The third-order valence-electron chi connectivity index (χ3n) is 3.06. The molecule has 0 radical (unpaired) electrons. The molecule has 2 rings (SSSR count). The van der Waals surface area contributed by atoms with Crippen molar-refractivity contribution in [2.45, 2.75) is 19.8 Å². The van der Waals surface area contributed by atoms with Gasteiger partial charge in [-0.25, -0.2) is 4.98 Å². The number of rotatable bonds is 4. The number of nitrogens with one attached hydrogen (secondary N) is 1. The summed E-state index contributed by atoms with van der Waals surface area (Å²) in [6.45, 7) is 2.87. The second-order valence-corrected chi connectivity index (χ2v) is 5.79. The molecular weight excluding hydrogens is 304 g/mol. The molecule has 1 saturated carbocycles. The minimum Gasteiger partial charge on any atom is -0.352 e. The maximum atomic E-state index is 11.9. The van der Waals surface area contributed by atoms with Gasteiger partial charge in [0, 0.05) is 17.2 Å². The molecule has 1 N–H and O–H groups in total. The van der Waals surface area contributed by atoms with Gasteiger partial charge in [0.25, 0.3) is 5.91 Å². The van der Waals surface area contributed by atoms with Gasteiger partial charge in [0.1, 0.15) is 5.15 Å². The highest BCUT2D eigenvalue weighted by atomic mass is 79.9. The van der Waals surface area contributed by atoms with Crippen molar-refractivity contribution in [1.29, 1.82) is 0 Å². The molecule has 5 heteroatoms. The number of hydrogen-bond acceptors (Lipinski definition) is 2. The van der Waals surface area contributed by atoms with Crippen molar-refractivity contribution in [1.82, 2.24) is 10.3 Å². The van der Waals surface area contributed by atoms with Gasteiger partial charge in [-0.1, -0.05) is 18.5 Å². The molecule has 1 amide bonds. The number of halogens is 2. The maximum absolute atomic E-state index is 11.9. The molecule has 0 aliphatic heterocycles. The Bertz CT molecular complexity index is 435. The van der Waals surface area contributed by atoms with Gasteiger partial charge in [-0.3, -0.25) is 4.79 Å². The van der Waals surface area contributed by atoms with E-state index in [0.717, 1.165) is 10.4 Å². The van der Waals surface area contributed by atoms with E-state index in [0.29, 0.717) is 18.0 Å². The van der Waals surface area contributed by atoms with Crippen molar-refractivity contribution in [3.8, 4) is 0 Å². The number of pyridine rings is 1. The Morgan fingerprint density at radius 3 is 3.06 bits per heavy atom. The van der Waals surface area contributed by atoms with E-state index in [2.05, 4.69) is 33.2 Å². The van der Waals surface area contributed by atoms with Gasteiger partial charge in [0.2, 0.25) is 0 Å². The molecule has 1 heterocycles. The fourth-order valence-corrected chi connectivity index (χ4v) is 2.28. The first kappa shape index (κ1) is 12.8. The van der Waals surface area contributed by atoms with Gasteiger partial charge in [-0.2, -0.15) is 0 Å². The zero-order chi connectivity index (χ0) is 12.4. The number of carbonyl (C=O) groups excluding carboxylic acids is 1. The van der Waals surface area contributed by atoms with Crippen molar-refractivity contribution < 1.29 is 4.79 Å². The Morgan fingerprint density at radius 1 is 1.71 bits per heavy atom. The van der Waals surface area contributed by atoms with Crippen LogP contribution in [-0.2, 0) is 0 Å². The minimum absolute atomic E-state index is 0.156. The number of carbonyl (C=O) groups is 1. The lowest BCUT2D eigenvalue weighted by Crippen LogP contribution is -2.29. The molecule has 1 aliphatic rings. The topological polar surface area (TPSA) is 42.0 Å². The fraction of sp³-hybridized carbons (Fsp3) is 0.500. The SMILES string of the molecule is CC(CNC(=O)c1cc(Br)cnc1Cl)C1CC1. The van der Waals surface area contributed by atoms with Crippen molar-refractivity contribution >= 4 is 33.4 Å². The lowest BCUT2D eigenvalue weighted by atomic mass is 10.1. The van der Waals surface area contributed by atoms with E-state index < -0.39 is 0 Å². The Morgan fingerprint density at radius 2 is 2.41 bits per heavy atom. The molecule has 92 valence electrons. The lowest BCUT2D eigenvalue weighted by Gasteiger charge is -2.11. The first-order valence-electron chi connectivity index (χ1n) is 5.67. The van der Waals surface area contributed by atoms with E-state index in [1.165, 1.54) is 12.8 Å². The molecule has 0 aromatic carbocycles. The summed E-state index contributed by atoms with van der Waals surface area (Å²) in [7, 11) is 0. The number of aromatic nitrogens is 1. The third kappa shape index (κ3) is 3.42. The van der Waals surface area contributed by atoms with Crippen LogP contribution in [0.4, 0.5) is 0 Å². The monoisotopic (exact) mass is 316 g/mol. The largest absolute Gasteiger partial charge is 0.352 e. The highest BCUT2D eigenvalue weighted by molar-refractivity contribution is 9.10. The van der Waals surface area contributed by atoms with Crippen LogP contribution < -0.4 is 5.32 Å². The summed E-state index contributed by atoms with van der Waals surface area (Å²) >= 11 is 9.17. The fourth-order valence-electron chi connectivity index (χ4n) is 1.76. The van der Waals surface area contributed by atoms with Crippen molar-refractivity contribution in [3.05, 3.63) is 27.5 Å². The highest BCUT2D eigenvalue weighted by Crippen LogP contribution is 2.36. The van der Waals surface area contributed by atoms with E-state index in [9.17, 15) is 4.79 Å². The average molecular weight is 318 g/mol. The Kier molecular flexibility index (Phi) is 4.05. The van der Waals surface area contributed by atoms with Gasteiger partial charge in [-0.05, 0) is 46.7 Å². The van der Waals surface area contributed by atoms with Gasteiger partial charge >= 0.3 is 0 Å². The third-order valence-corrected chi connectivity index (χ3v) is 3.80. The Labute approximate surface area is 114 Å². The van der Waals surface area contributed by atoms with Crippen molar-refractivity contribution in [3.63, 3.8) is 0 Å². The Balaban J connectivity index is 1.96. The van der Waals surface area contributed by atoms with Crippen LogP contribution in [0.25, 0.3) is 0 Å². The zero-order valence-electron chi connectivity index (χ0n) is 9.54. The van der Waals surface area contributed by atoms with Gasteiger partial charge in [0.05, 0.1) is 5.56 Å². The summed E-state index contributed by atoms with van der Waals surface area (Å²) in [5.74, 6) is 1.17. The molecule has 1 aromatic rings. The number of hydrogen-bond donors (Lipinski definition) is 1. The van der Waals surface area contributed by atoms with Crippen LogP contribution in [0.1, 0.15) is 30.1 Å². The first-order chi connectivity index (χ1) is 8.08. The Hall–Kier alpha value is -0.610. The maximum Gasteiger partial charge on any atom is 0.254 e. The summed E-state index contributed by atoms with van der Waals surface area (Å²) in [4.78, 5) is 15.8. The first-order valence-corrected chi connectivity index (χ1v) is 6.84. The molecule has 1 aliphatic carbocycles. The van der Waals surface area contributed by atoms with Crippen LogP contribution in [0.3, 0.4) is 0 Å². The average Bonchev–Trinajstić information content (AvgIpc) is 3.12. The van der Waals surface area contributed by atoms with Crippen LogP contribution in [-0.4, -0.2) is 17.4 Å². The standard InChI is InChI=1S/C12H14BrClN2O/c1-7(8-2-3-8)5-16-12(17)10-4-9(13)6-15-11(10)14/h4,6-8H,2-3,5H2,1H3,(H,16,17). The van der Waals surface area contributed by atoms with Crippen LogP contribution in [0.2, 0.25) is 5.15 Å². The van der Waals surface area contributed by atoms with Crippen LogP contribution in [0.5, 0.6) is 0 Å². The van der Waals surface area contributed by atoms with Gasteiger partial charge in [0.15, 0.2) is 0 Å². The highest BCUT2D eigenvalue weighted by Gasteiger charge is 2.28. The van der Waals surface area contributed by atoms with Crippen molar-refractivity contribution in [2.75, 3.05) is 6.54 Å². The van der Waals surface area contributed by atoms with Crippen molar-refractivity contribution in [2.24, 2.45) is 11.8 Å². The molecular formula is C12H14BrClN2O. The molecule has 0 saturated heterocycles. The summed E-state index contributed by atoms with van der Waals surface area (Å²) < 4.78 is 0.752. The molecule has 0 spiro atoms. The normalized spacial score (nSPS) is 16.6. The van der Waals surface area contributed by atoms with E-state index >= 15 is 0 Å². The summed E-state index contributed by atoms with van der Waals surface area (Å²) in [6.07, 6.45) is 4.15. The second kappa shape index (κ2) is 5.36. The van der Waals surface area contributed by atoms with Crippen LogP contribution in [0.15, 0.2) is 16.7 Å². The van der Waals surface area contributed by atoms with E-state index in [1.807, 2.05) is 0 Å². The number of nitrogens with zero attached hydrogens (tertiary/aromatic N) is 1. The predicted octanol–water partition coefficient (Wildman–Crippen LogP) is 3.27. The van der Waals surface area contributed by atoms with Crippen LogP contribution >= 0.6 is 27.5 Å². The van der Waals surface area contributed by atoms with E-state index in [4.69, 9.17) is 11.6 Å². The minimum atomic E-state index is -0.156. The molecule has 1 unspecified atom stereocenters. The summed E-state index contributed by atoms with van der Waals surface area (Å²) in [5, 5.41) is 3.14. The second-order valence-electron chi connectivity index (χ2n) is 4.52. The smallest absolute Gasteiger partial charge is 0.254 e. The van der Waals surface area contributed by atoms with Crippen LogP contribution in [0, 0.1) is 11.8 Å². The van der Waals surface area contributed by atoms with Gasteiger partial charge < -0.3 is 5.32 Å². The van der Waals surface area contributed by atoms with E-state index in [-0.39, 0.29) is 11.1 Å². The summed E-state index contributed by atoms with van der Waals surface area (Å²) in [6, 6.07) is 1.69. The quantitative estimate of drug-likeness (QED) is 0.866. The van der Waals surface area contributed by atoms with E-state index in [1.54, 1.807) is 12.3 Å². The molecule has 3 nitrogen and oxygen atoms in total. The molecule has 1 atom stereocenters. The number of amides is 1. The molecule has 1 fully saturated rings. The van der Waals surface area contributed by atoms with Gasteiger partial charge in [-0.15, -0.1) is 0 Å². The molecule has 0 bridgehead atoms. The predicted molar refractivity (Wildman–Crippen MR) is 71.2 cm³/mol. The zero-order valence-corrected chi connectivity index (χ0v) is 11.9. The summed E-state index contributed by atoms with van der Waals surface area (Å²) in [5.41, 5.74) is 0.420. The lowest BCUT2D eigenvalue weighted by molar-refractivity contribution is 0.0946. The molecule has 17 heavy (non-hydrogen) atoms. The molecule has 1 aromatic heterocycles.